The number of carbonyl (C=O) groups is 1. The summed E-state index contributed by atoms with van der Waals surface area (Å²) in [6.45, 7) is 0. The van der Waals surface area contributed by atoms with E-state index in [9.17, 15) is 15.0 Å². The van der Waals surface area contributed by atoms with Crippen molar-refractivity contribution in [2.75, 3.05) is 0 Å². The molecule has 3 rings (SSSR count). The van der Waals surface area contributed by atoms with Crippen molar-refractivity contribution in [1.29, 1.82) is 0 Å². The summed E-state index contributed by atoms with van der Waals surface area (Å²) in [5, 5.41) is 20.4. The quantitative estimate of drug-likeness (QED) is 0.601. The number of carbonyl (C=O) groups excluding carboxylic acids is 1. The number of halogens is 1. The highest BCUT2D eigenvalue weighted by atomic mass is 79.9. The van der Waals surface area contributed by atoms with Gasteiger partial charge < -0.3 is 20.7 Å². The number of fused-ring (bicyclic) bond motifs is 1. The summed E-state index contributed by atoms with van der Waals surface area (Å²) in [7, 11) is 0. The molecule has 8 heteroatoms. The monoisotopic (exact) mass is 408 g/mol. The van der Waals surface area contributed by atoms with Crippen LogP contribution in [0, 0.1) is 0 Å². The summed E-state index contributed by atoms with van der Waals surface area (Å²) in [6, 6.07) is 8.99. The molecule has 2 heterocycles. The molecule has 2 unspecified atom stereocenters. The molecule has 24 heavy (non-hydrogen) atoms. The zero-order valence-electron chi connectivity index (χ0n) is 12.2. The molecule has 1 aromatic carbocycles. The lowest BCUT2D eigenvalue weighted by atomic mass is 10.1. The fourth-order valence-corrected chi connectivity index (χ4v) is 3.45. The Hall–Kier alpha value is -2.00. The van der Waals surface area contributed by atoms with Gasteiger partial charge in [0, 0.05) is 20.9 Å². The van der Waals surface area contributed by atoms with Crippen LogP contribution < -0.4 is 10.5 Å². The third-order valence-corrected chi connectivity index (χ3v) is 5.02. The predicted molar refractivity (Wildman–Crippen MR) is 94.0 cm³/mol. The van der Waals surface area contributed by atoms with Gasteiger partial charge in [-0.15, -0.1) is 11.3 Å². The first-order valence-corrected chi connectivity index (χ1v) is 8.53. The highest BCUT2D eigenvalue weighted by Crippen LogP contribution is 2.37. The molecule has 1 amide bonds. The van der Waals surface area contributed by atoms with Crippen LogP contribution in [0.4, 0.5) is 0 Å². The Morgan fingerprint density at radius 1 is 1.25 bits per heavy atom. The molecule has 0 fully saturated rings. The lowest BCUT2D eigenvalue weighted by Crippen LogP contribution is -2.33. The molecule has 0 radical (unpaired) electrons. The first-order chi connectivity index (χ1) is 11.5. The topological polar surface area (TPSA) is 106 Å². The van der Waals surface area contributed by atoms with Crippen molar-refractivity contribution in [2.24, 2.45) is 5.73 Å². The van der Waals surface area contributed by atoms with Crippen molar-refractivity contribution < 1.29 is 19.7 Å². The Morgan fingerprint density at radius 2 is 1.96 bits per heavy atom. The highest BCUT2D eigenvalue weighted by Gasteiger charge is 2.25. The van der Waals surface area contributed by atoms with E-state index in [-0.39, 0.29) is 0 Å². The largest absolute Gasteiger partial charge is 0.455 e. The van der Waals surface area contributed by atoms with Gasteiger partial charge in [-0.05, 0) is 30.3 Å². The molecular weight excluding hydrogens is 396 g/mol. The molecule has 2 aromatic heterocycles. The Balaban J connectivity index is 1.95. The molecule has 0 aliphatic rings. The third-order valence-electron chi connectivity index (χ3n) is 3.35. The number of hydrogen-bond donors (Lipinski definition) is 3. The van der Waals surface area contributed by atoms with E-state index in [1.165, 1.54) is 11.3 Å². The van der Waals surface area contributed by atoms with Gasteiger partial charge in [0.2, 0.25) is 5.91 Å². The molecule has 0 bridgehead atoms. The van der Waals surface area contributed by atoms with Gasteiger partial charge in [0.15, 0.2) is 11.9 Å². The number of primary amides is 1. The summed E-state index contributed by atoms with van der Waals surface area (Å²) in [6.07, 6.45) is 0.140. The van der Waals surface area contributed by atoms with Gasteiger partial charge in [0.25, 0.3) is 0 Å². The van der Waals surface area contributed by atoms with Gasteiger partial charge in [-0.2, -0.15) is 0 Å². The van der Waals surface area contributed by atoms with Gasteiger partial charge in [-0.1, -0.05) is 15.9 Å². The van der Waals surface area contributed by atoms with Gasteiger partial charge in [0.05, 0.1) is 10.9 Å². The third kappa shape index (κ3) is 3.41. The van der Waals surface area contributed by atoms with Gasteiger partial charge in [-0.25, -0.2) is 0 Å². The second-order valence-electron chi connectivity index (χ2n) is 5.05. The Bertz CT molecular complexity index is 881. The van der Waals surface area contributed by atoms with Crippen LogP contribution in [0.1, 0.15) is 11.0 Å². The van der Waals surface area contributed by atoms with Gasteiger partial charge in [-0.3, -0.25) is 9.78 Å². The first-order valence-electron chi connectivity index (χ1n) is 6.92. The number of nitrogens with zero attached hydrogens (tertiary/aromatic N) is 1. The molecule has 3 aromatic rings. The summed E-state index contributed by atoms with van der Waals surface area (Å²) in [5.41, 5.74) is 5.03. The van der Waals surface area contributed by atoms with E-state index in [4.69, 9.17) is 10.5 Å². The van der Waals surface area contributed by atoms with Crippen LogP contribution in [0.25, 0.3) is 10.1 Å². The SMILES string of the molecule is NC(=O)C(O)C(O)c1cc2c(Oc3ccc(Br)cc3)cncc2s1. The van der Waals surface area contributed by atoms with Crippen molar-refractivity contribution in [3.8, 4) is 11.5 Å². The van der Waals surface area contributed by atoms with E-state index in [0.717, 1.165) is 14.6 Å². The number of aliphatic hydroxyl groups is 2. The summed E-state index contributed by atoms with van der Waals surface area (Å²) >= 11 is 4.57. The number of amides is 1. The number of benzene rings is 1. The highest BCUT2D eigenvalue weighted by molar-refractivity contribution is 9.10. The molecule has 0 aliphatic heterocycles. The maximum Gasteiger partial charge on any atom is 0.249 e. The van der Waals surface area contributed by atoms with E-state index < -0.39 is 18.1 Å². The molecule has 2 atom stereocenters. The maximum absolute atomic E-state index is 11.0. The smallest absolute Gasteiger partial charge is 0.249 e. The van der Waals surface area contributed by atoms with E-state index in [1.54, 1.807) is 18.5 Å². The van der Waals surface area contributed by atoms with Crippen molar-refractivity contribution in [2.45, 2.75) is 12.2 Å². The van der Waals surface area contributed by atoms with Gasteiger partial charge >= 0.3 is 0 Å². The number of ether oxygens (including phenoxy) is 1. The molecular formula is C16H13BrN2O4S. The number of hydrogen-bond acceptors (Lipinski definition) is 6. The number of rotatable bonds is 5. The number of aliphatic hydroxyl groups excluding tert-OH is 2. The molecule has 0 saturated heterocycles. The average molecular weight is 409 g/mol. The summed E-state index contributed by atoms with van der Waals surface area (Å²) in [5.74, 6) is 0.167. The normalized spacial score (nSPS) is 13.6. The predicted octanol–water partition coefficient (Wildman–Crippen LogP) is 2.73. The van der Waals surface area contributed by atoms with Crippen LogP contribution in [0.15, 0.2) is 47.2 Å². The van der Waals surface area contributed by atoms with E-state index in [2.05, 4.69) is 20.9 Å². The van der Waals surface area contributed by atoms with E-state index >= 15 is 0 Å². The number of nitrogens with two attached hydrogens (primary N) is 1. The summed E-state index contributed by atoms with van der Waals surface area (Å²) in [4.78, 5) is 15.6. The first kappa shape index (κ1) is 16.8. The van der Waals surface area contributed by atoms with Crippen LogP contribution in [0.3, 0.4) is 0 Å². The van der Waals surface area contributed by atoms with Crippen LogP contribution in [-0.2, 0) is 4.79 Å². The number of thiophene rings is 1. The van der Waals surface area contributed by atoms with Crippen LogP contribution in [-0.4, -0.2) is 27.2 Å². The molecule has 124 valence electrons. The minimum atomic E-state index is -1.66. The van der Waals surface area contributed by atoms with Crippen molar-refractivity contribution >= 4 is 43.3 Å². The minimum Gasteiger partial charge on any atom is -0.455 e. The lowest BCUT2D eigenvalue weighted by molar-refractivity contribution is -0.131. The Morgan fingerprint density at radius 3 is 2.62 bits per heavy atom. The Kier molecular flexibility index (Phi) is 4.81. The average Bonchev–Trinajstić information content (AvgIpc) is 3.00. The van der Waals surface area contributed by atoms with Crippen molar-refractivity contribution in [3.05, 3.63) is 52.1 Å². The molecule has 4 N–H and O–H groups in total. The van der Waals surface area contributed by atoms with Gasteiger partial charge in [0.1, 0.15) is 11.9 Å². The van der Waals surface area contributed by atoms with Crippen molar-refractivity contribution in [3.63, 3.8) is 0 Å². The van der Waals surface area contributed by atoms with Crippen LogP contribution in [0.2, 0.25) is 0 Å². The maximum atomic E-state index is 11.0. The second kappa shape index (κ2) is 6.86. The van der Waals surface area contributed by atoms with Crippen LogP contribution >= 0.6 is 27.3 Å². The Labute approximate surface area is 149 Å². The van der Waals surface area contributed by atoms with E-state index in [1.807, 2.05) is 24.3 Å². The molecule has 0 spiro atoms. The number of aromatic nitrogens is 1. The minimum absolute atomic E-state index is 0.407. The fourth-order valence-electron chi connectivity index (χ4n) is 2.12. The fraction of sp³-hybridized carbons (Fsp3) is 0.125. The van der Waals surface area contributed by atoms with Crippen molar-refractivity contribution in [1.82, 2.24) is 4.98 Å². The zero-order chi connectivity index (χ0) is 17.3. The summed E-state index contributed by atoms with van der Waals surface area (Å²) < 4.78 is 7.53. The zero-order valence-corrected chi connectivity index (χ0v) is 14.6. The number of pyridine rings is 1. The molecule has 6 nitrogen and oxygen atoms in total. The van der Waals surface area contributed by atoms with Crippen LogP contribution in [0.5, 0.6) is 11.5 Å². The molecule has 0 saturated carbocycles. The second-order valence-corrected chi connectivity index (χ2v) is 7.08. The molecule has 0 aliphatic carbocycles. The van der Waals surface area contributed by atoms with E-state index in [0.29, 0.717) is 16.4 Å². The standard InChI is InChI=1S/C16H13BrN2O4S/c17-8-1-3-9(4-2-8)23-11-6-19-7-13-10(11)5-12(24-13)14(20)15(21)16(18)22/h1-7,14-15,20-21H,(H2,18,22). The lowest BCUT2D eigenvalue weighted by Gasteiger charge is -2.12.